The van der Waals surface area contributed by atoms with Gasteiger partial charge in [-0.3, -0.25) is 9.59 Å². The van der Waals surface area contributed by atoms with Crippen LogP contribution in [0.15, 0.2) is 79.0 Å². The van der Waals surface area contributed by atoms with Crippen LogP contribution < -0.4 is 0 Å². The molecule has 0 bridgehead atoms. The summed E-state index contributed by atoms with van der Waals surface area (Å²) >= 11 is 0. The number of hydrogen-bond acceptors (Lipinski definition) is 3. The minimum atomic E-state index is -0.181. The van der Waals surface area contributed by atoms with Crippen LogP contribution in [0, 0.1) is 5.92 Å². The highest BCUT2D eigenvalue weighted by Gasteiger charge is 2.18. The maximum Gasteiger partial charge on any atom is 0.305 e. The first-order chi connectivity index (χ1) is 19.4. The Morgan fingerprint density at radius 3 is 2.20 bits per heavy atom. The fourth-order valence-corrected chi connectivity index (χ4v) is 5.60. The molecular formula is C36H43NO3. The lowest BCUT2D eigenvalue weighted by Gasteiger charge is -2.18. The predicted molar refractivity (Wildman–Crippen MR) is 164 cm³/mol. The van der Waals surface area contributed by atoms with Crippen LogP contribution in [0.1, 0.15) is 91.9 Å². The van der Waals surface area contributed by atoms with Crippen molar-refractivity contribution in [3.63, 3.8) is 0 Å². The van der Waals surface area contributed by atoms with Crippen LogP contribution in [0.4, 0.5) is 0 Å². The highest BCUT2D eigenvalue weighted by atomic mass is 16.5. The Labute approximate surface area is 239 Å². The lowest BCUT2D eigenvalue weighted by atomic mass is 9.87. The molecule has 0 radical (unpaired) electrons. The summed E-state index contributed by atoms with van der Waals surface area (Å²) in [6.45, 7) is 9.63. The maximum atomic E-state index is 13.6. The summed E-state index contributed by atoms with van der Waals surface area (Å²) in [6.07, 6.45) is 7.32. The normalized spacial score (nSPS) is 12.1. The minimum absolute atomic E-state index is 0.0257. The van der Waals surface area contributed by atoms with E-state index in [1.807, 2.05) is 49.5 Å². The van der Waals surface area contributed by atoms with Gasteiger partial charge in [0.05, 0.1) is 6.61 Å². The van der Waals surface area contributed by atoms with E-state index >= 15 is 0 Å². The van der Waals surface area contributed by atoms with Crippen LogP contribution in [0.3, 0.4) is 0 Å². The molecule has 0 spiro atoms. The molecule has 3 aromatic carbocycles. The summed E-state index contributed by atoms with van der Waals surface area (Å²) in [4.78, 5) is 25.4. The summed E-state index contributed by atoms with van der Waals surface area (Å²) in [5.74, 6) is 0.969. The smallest absolute Gasteiger partial charge is 0.305 e. The number of fused-ring (bicyclic) bond motifs is 1. The van der Waals surface area contributed by atoms with E-state index in [0.29, 0.717) is 49.0 Å². The van der Waals surface area contributed by atoms with Crippen molar-refractivity contribution in [1.82, 2.24) is 4.57 Å². The quantitative estimate of drug-likeness (QED) is 0.120. The van der Waals surface area contributed by atoms with Crippen molar-refractivity contribution in [1.29, 1.82) is 0 Å². The fourth-order valence-electron chi connectivity index (χ4n) is 5.60. The molecule has 0 saturated heterocycles. The van der Waals surface area contributed by atoms with E-state index in [9.17, 15) is 9.59 Å². The Morgan fingerprint density at radius 2 is 1.52 bits per heavy atom. The molecule has 0 fully saturated rings. The predicted octanol–water partition coefficient (Wildman–Crippen LogP) is 8.54. The highest BCUT2D eigenvalue weighted by Crippen LogP contribution is 2.28. The number of aryl methyl sites for hydroxylation is 1. The fraction of sp³-hybridized carbons (Fsp3) is 0.389. The van der Waals surface area contributed by atoms with Crippen LogP contribution in [-0.4, -0.2) is 22.9 Å². The van der Waals surface area contributed by atoms with Gasteiger partial charge in [0.1, 0.15) is 0 Å². The molecule has 40 heavy (non-hydrogen) atoms. The van der Waals surface area contributed by atoms with Crippen LogP contribution in [0.2, 0.25) is 0 Å². The zero-order valence-corrected chi connectivity index (χ0v) is 24.5. The van der Waals surface area contributed by atoms with E-state index in [0.717, 1.165) is 36.6 Å². The van der Waals surface area contributed by atoms with Crippen molar-refractivity contribution in [2.75, 3.05) is 6.61 Å². The van der Waals surface area contributed by atoms with Gasteiger partial charge in [-0.15, -0.1) is 0 Å². The highest BCUT2D eigenvalue weighted by molar-refractivity contribution is 6.16. The average Bonchev–Trinajstić information content (AvgIpc) is 3.32. The Morgan fingerprint density at radius 1 is 0.850 bits per heavy atom. The zero-order valence-electron chi connectivity index (χ0n) is 24.5. The summed E-state index contributed by atoms with van der Waals surface area (Å²) < 4.78 is 7.14. The Balaban J connectivity index is 1.48. The summed E-state index contributed by atoms with van der Waals surface area (Å²) in [7, 11) is 0. The molecule has 1 atom stereocenters. The molecule has 0 aliphatic rings. The molecular weight excluding hydrogens is 494 g/mol. The number of esters is 1. The third-order valence-electron chi connectivity index (χ3n) is 7.55. The topological polar surface area (TPSA) is 48.3 Å². The van der Waals surface area contributed by atoms with Gasteiger partial charge in [-0.1, -0.05) is 93.9 Å². The van der Waals surface area contributed by atoms with Crippen molar-refractivity contribution in [2.45, 2.75) is 78.7 Å². The van der Waals surface area contributed by atoms with Crippen LogP contribution in [-0.2, 0) is 28.9 Å². The molecule has 4 rings (SSSR count). The molecule has 0 aliphatic heterocycles. The zero-order chi connectivity index (χ0) is 28.5. The third-order valence-corrected chi connectivity index (χ3v) is 7.55. The molecule has 1 aromatic heterocycles. The van der Waals surface area contributed by atoms with Crippen LogP contribution in [0.5, 0.6) is 0 Å². The molecule has 0 aliphatic carbocycles. The average molecular weight is 538 g/mol. The number of rotatable bonds is 14. The number of para-hydroxylation sites is 1. The molecule has 210 valence electrons. The molecule has 1 unspecified atom stereocenters. The number of aromatic nitrogens is 1. The summed E-state index contributed by atoms with van der Waals surface area (Å²) in [6, 6.07) is 25.3. The largest absolute Gasteiger partial charge is 0.466 e. The van der Waals surface area contributed by atoms with Gasteiger partial charge in [0.15, 0.2) is 5.78 Å². The maximum absolute atomic E-state index is 13.6. The number of carbonyl (C=O) groups excluding carboxylic acids is 2. The van der Waals surface area contributed by atoms with Crippen molar-refractivity contribution >= 4 is 22.7 Å². The van der Waals surface area contributed by atoms with Gasteiger partial charge in [0, 0.05) is 41.2 Å². The number of benzene rings is 3. The number of ketones is 1. The van der Waals surface area contributed by atoms with Gasteiger partial charge in [0.25, 0.3) is 0 Å². The first kappa shape index (κ1) is 29.3. The van der Waals surface area contributed by atoms with Crippen molar-refractivity contribution < 1.29 is 14.3 Å². The van der Waals surface area contributed by atoms with Gasteiger partial charge >= 0.3 is 5.97 Å². The van der Waals surface area contributed by atoms with Crippen LogP contribution >= 0.6 is 0 Å². The van der Waals surface area contributed by atoms with Crippen molar-refractivity contribution in [3.8, 4) is 0 Å². The van der Waals surface area contributed by atoms with Gasteiger partial charge in [-0.2, -0.15) is 0 Å². The van der Waals surface area contributed by atoms with E-state index in [1.165, 1.54) is 16.7 Å². The molecule has 4 nitrogen and oxygen atoms in total. The minimum Gasteiger partial charge on any atom is -0.466 e. The molecule has 4 aromatic rings. The summed E-state index contributed by atoms with van der Waals surface area (Å²) in [5.41, 5.74) is 6.45. The lowest BCUT2D eigenvalue weighted by Crippen LogP contribution is -2.06. The second-order valence-corrected chi connectivity index (χ2v) is 11.2. The number of nitrogens with zero attached hydrogens (tertiary/aromatic N) is 1. The van der Waals surface area contributed by atoms with Gasteiger partial charge < -0.3 is 9.30 Å². The van der Waals surface area contributed by atoms with E-state index in [-0.39, 0.29) is 11.8 Å². The Bertz CT molecular complexity index is 1400. The second kappa shape index (κ2) is 14.1. The standard InChI is InChI=1S/C36H43NO3/c1-5-10-31(29-18-14-27(15-19-29)23-26(3)4)24-28-16-20-30(21-17-28)36(39)33-25-37(22-9-13-35(38)40-6-2)34-12-8-7-11-32(33)34/h7-8,11-12,14-21,25-26,31H,5-6,9-10,13,22-24H2,1-4H3. The third kappa shape index (κ3) is 7.50. The molecule has 4 heteroatoms. The first-order valence-electron chi connectivity index (χ1n) is 14.9. The van der Waals surface area contributed by atoms with Crippen LogP contribution in [0.25, 0.3) is 10.9 Å². The second-order valence-electron chi connectivity index (χ2n) is 11.2. The van der Waals surface area contributed by atoms with Gasteiger partial charge in [-0.25, -0.2) is 0 Å². The SMILES string of the molecule is CCCC(Cc1ccc(C(=O)c2cn(CCCC(=O)OCC)c3ccccc23)cc1)c1ccc(CC(C)C)cc1. The monoisotopic (exact) mass is 537 g/mol. The van der Waals surface area contributed by atoms with E-state index in [4.69, 9.17) is 4.74 Å². The van der Waals surface area contributed by atoms with E-state index in [1.54, 1.807) is 0 Å². The van der Waals surface area contributed by atoms with Crippen molar-refractivity contribution in [3.05, 3.63) is 107 Å². The number of carbonyl (C=O) groups is 2. The van der Waals surface area contributed by atoms with Crippen molar-refractivity contribution in [2.24, 2.45) is 5.92 Å². The lowest BCUT2D eigenvalue weighted by molar-refractivity contribution is -0.143. The Kier molecular flexibility index (Phi) is 10.3. The summed E-state index contributed by atoms with van der Waals surface area (Å²) in [5, 5.41) is 0.941. The molecule has 1 heterocycles. The molecule has 0 amide bonds. The number of hydrogen-bond donors (Lipinski definition) is 0. The van der Waals surface area contributed by atoms with Gasteiger partial charge in [0.2, 0.25) is 0 Å². The molecule has 0 N–H and O–H groups in total. The first-order valence-corrected chi connectivity index (χ1v) is 14.9. The van der Waals surface area contributed by atoms with Gasteiger partial charge in [-0.05, 0) is 67.2 Å². The number of ether oxygens (including phenoxy) is 1. The molecule has 0 saturated carbocycles. The van der Waals surface area contributed by atoms with E-state index < -0.39 is 0 Å². The van der Waals surface area contributed by atoms with E-state index in [2.05, 4.69) is 61.7 Å². The Hall–Kier alpha value is -3.66.